The highest BCUT2D eigenvalue weighted by Gasteiger charge is 2.17. The van der Waals surface area contributed by atoms with Crippen LogP contribution in [0, 0.1) is 131 Å². The molecule has 0 radical (unpaired) electrons. The van der Waals surface area contributed by atoms with Gasteiger partial charge in [-0.25, -0.2) is 0 Å². The number of terminal acetylenes is 1. The van der Waals surface area contributed by atoms with Crippen molar-refractivity contribution in [3.63, 3.8) is 0 Å². The number of benzene rings is 8. The molecule has 0 fully saturated rings. The van der Waals surface area contributed by atoms with E-state index in [-0.39, 0.29) is 0 Å². The normalized spacial score (nSPS) is 9.15. The Kier molecular flexibility index (Phi) is 15.0. The zero-order valence-corrected chi connectivity index (χ0v) is 39.4. The van der Waals surface area contributed by atoms with E-state index in [4.69, 9.17) is 6.42 Å². The zero-order chi connectivity index (χ0) is 49.9. The Balaban J connectivity index is 0.000000243. The SMILES string of the molecule is C#CC#CC#CC#CC#CC#CC#CC#CC#CC#CC#CC.c1ccc(-c2cccc(-n3c4ccccc4c4cc(-c5ccc6c(c5)c5ccccc5n6-c5cccc(-c6ccccc6)c5)ccc43)c2)cc1. The van der Waals surface area contributed by atoms with E-state index in [1.54, 1.807) is 6.92 Å². The van der Waals surface area contributed by atoms with E-state index >= 15 is 0 Å². The second-order valence-electron chi connectivity index (χ2n) is 15.8. The summed E-state index contributed by atoms with van der Waals surface area (Å²) in [6.07, 6.45) is 4.90. The third kappa shape index (κ3) is 11.1. The van der Waals surface area contributed by atoms with Crippen LogP contribution in [0.4, 0.5) is 0 Å². The van der Waals surface area contributed by atoms with Gasteiger partial charge in [-0.15, -0.1) is 6.42 Å². The molecule has 8 aromatic carbocycles. The molecular formula is C71H36N2. The first-order valence-corrected chi connectivity index (χ1v) is 23.0. The predicted octanol–water partition coefficient (Wildman–Crippen LogP) is 13.6. The third-order valence-corrected chi connectivity index (χ3v) is 11.4. The highest BCUT2D eigenvalue weighted by Crippen LogP contribution is 2.39. The lowest BCUT2D eigenvalue weighted by Gasteiger charge is -2.11. The van der Waals surface area contributed by atoms with Gasteiger partial charge in [0.25, 0.3) is 0 Å². The summed E-state index contributed by atoms with van der Waals surface area (Å²) in [5.41, 5.74) is 14.4. The fourth-order valence-corrected chi connectivity index (χ4v) is 8.40. The lowest BCUT2D eigenvalue weighted by molar-refractivity contribution is 1.18. The molecule has 0 atom stereocenters. The van der Waals surface area contributed by atoms with Crippen LogP contribution in [-0.2, 0) is 0 Å². The maximum Gasteiger partial charge on any atom is 0.0541 e. The molecule has 0 saturated heterocycles. The number of fused-ring (bicyclic) bond motifs is 6. The highest BCUT2D eigenvalue weighted by molar-refractivity contribution is 6.12. The van der Waals surface area contributed by atoms with Crippen molar-refractivity contribution in [2.75, 3.05) is 0 Å². The van der Waals surface area contributed by atoms with E-state index in [0.29, 0.717) is 0 Å². The Morgan fingerprint density at radius 1 is 0.260 bits per heavy atom. The van der Waals surface area contributed by atoms with Gasteiger partial charge in [0, 0.05) is 56.6 Å². The first kappa shape index (κ1) is 46.6. The molecule has 2 aromatic heterocycles. The molecule has 0 amide bonds. The number of hydrogen-bond donors (Lipinski definition) is 0. The molecule has 0 saturated carbocycles. The standard InChI is InChI=1S/C48H32N2.C23H4/c1-3-13-33(14-4-1)35-17-11-19-39(29-35)49-45-23-9-7-21-41(45)43-31-37(25-27-47(43)49)38-26-28-48-44(32-38)42-22-8-10-24-46(42)50(48)40-20-12-18-36(30-40)34-15-5-2-6-16-34;1-3-5-7-9-11-13-15-17-19-21-23-22-20-18-16-14-12-10-8-6-4-2/h1-32H;1H,2H3. The summed E-state index contributed by atoms with van der Waals surface area (Å²) in [7, 11) is 0. The van der Waals surface area contributed by atoms with Crippen molar-refractivity contribution in [1.29, 1.82) is 0 Å². The van der Waals surface area contributed by atoms with Gasteiger partial charge < -0.3 is 9.13 Å². The number of aromatic nitrogens is 2. The van der Waals surface area contributed by atoms with Crippen molar-refractivity contribution < 1.29 is 0 Å². The minimum Gasteiger partial charge on any atom is -0.309 e. The molecule has 73 heavy (non-hydrogen) atoms. The Hall–Kier alpha value is -11.5. The van der Waals surface area contributed by atoms with Crippen LogP contribution in [0.1, 0.15) is 6.92 Å². The molecule has 0 bridgehead atoms. The van der Waals surface area contributed by atoms with Crippen LogP contribution in [0.25, 0.3) is 88.4 Å². The van der Waals surface area contributed by atoms with E-state index in [9.17, 15) is 0 Å². The summed E-state index contributed by atoms with van der Waals surface area (Å²) >= 11 is 0. The largest absolute Gasteiger partial charge is 0.309 e. The van der Waals surface area contributed by atoms with Gasteiger partial charge in [-0.2, -0.15) is 0 Å². The van der Waals surface area contributed by atoms with Gasteiger partial charge in [0.05, 0.1) is 22.1 Å². The maximum atomic E-state index is 4.90. The van der Waals surface area contributed by atoms with Gasteiger partial charge in [-0.1, -0.05) is 139 Å². The van der Waals surface area contributed by atoms with Gasteiger partial charge in [-0.3, -0.25) is 0 Å². The topological polar surface area (TPSA) is 9.86 Å². The molecule has 0 N–H and O–H groups in total. The molecule has 2 heteroatoms. The van der Waals surface area contributed by atoms with Gasteiger partial charge in [0.2, 0.25) is 0 Å². The van der Waals surface area contributed by atoms with Crippen LogP contribution >= 0.6 is 0 Å². The predicted molar refractivity (Wildman–Crippen MR) is 304 cm³/mol. The Morgan fingerprint density at radius 2 is 0.575 bits per heavy atom. The smallest absolute Gasteiger partial charge is 0.0541 e. The van der Waals surface area contributed by atoms with Crippen molar-refractivity contribution >= 4 is 43.6 Å². The summed E-state index contributed by atoms with van der Waals surface area (Å²) in [6.45, 7) is 1.70. The number of para-hydroxylation sites is 2. The minimum atomic E-state index is 1.16. The number of rotatable bonds is 5. The lowest BCUT2D eigenvalue weighted by Crippen LogP contribution is -1.94. The Labute approximate surface area is 427 Å². The molecule has 0 unspecified atom stereocenters. The zero-order valence-electron chi connectivity index (χ0n) is 39.4. The fraction of sp³-hybridized carbons (Fsp3) is 0.0141. The van der Waals surface area contributed by atoms with Crippen molar-refractivity contribution in [1.82, 2.24) is 9.13 Å². The van der Waals surface area contributed by atoms with Crippen molar-refractivity contribution in [2.24, 2.45) is 0 Å². The minimum absolute atomic E-state index is 1.16. The monoisotopic (exact) mass is 916 g/mol. The Bertz CT molecular complexity index is 4310. The second-order valence-corrected chi connectivity index (χ2v) is 15.8. The quantitative estimate of drug-likeness (QED) is 0.152. The van der Waals surface area contributed by atoms with Crippen LogP contribution < -0.4 is 0 Å². The Morgan fingerprint density at radius 3 is 0.959 bits per heavy atom. The van der Waals surface area contributed by atoms with Gasteiger partial charge >= 0.3 is 0 Å². The van der Waals surface area contributed by atoms with Gasteiger partial charge in [0.1, 0.15) is 0 Å². The summed E-state index contributed by atoms with van der Waals surface area (Å²) in [5, 5.41) is 5.02. The third-order valence-electron chi connectivity index (χ3n) is 11.4. The molecule has 0 spiro atoms. The summed E-state index contributed by atoms with van der Waals surface area (Å²) in [5.74, 6) is 51.9. The van der Waals surface area contributed by atoms with Crippen molar-refractivity contribution in [2.45, 2.75) is 6.92 Å². The average Bonchev–Trinajstić information content (AvgIpc) is 3.97. The van der Waals surface area contributed by atoms with Crippen molar-refractivity contribution in [3.8, 4) is 176 Å². The first-order chi connectivity index (χ1) is 36.2. The first-order valence-electron chi connectivity index (χ1n) is 23.0. The van der Waals surface area contributed by atoms with E-state index < -0.39 is 0 Å². The van der Waals surface area contributed by atoms with Crippen LogP contribution in [0.3, 0.4) is 0 Å². The van der Waals surface area contributed by atoms with E-state index in [1.807, 2.05) is 0 Å². The van der Waals surface area contributed by atoms with Crippen molar-refractivity contribution in [3.05, 3.63) is 194 Å². The fourth-order valence-electron chi connectivity index (χ4n) is 8.40. The second kappa shape index (κ2) is 23.5. The van der Waals surface area contributed by atoms with Crippen LogP contribution in [0.15, 0.2) is 194 Å². The summed E-state index contributed by atoms with van der Waals surface area (Å²) < 4.78 is 4.81. The van der Waals surface area contributed by atoms with Gasteiger partial charge in [0.15, 0.2) is 0 Å². The number of nitrogens with zero attached hydrogens (tertiary/aromatic N) is 2. The molecule has 0 aliphatic carbocycles. The lowest BCUT2D eigenvalue weighted by atomic mass is 10.0. The average molecular weight is 917 g/mol. The molecule has 2 heterocycles. The number of hydrogen-bond acceptors (Lipinski definition) is 0. The maximum absolute atomic E-state index is 4.90. The molecular weight excluding hydrogens is 881 g/mol. The molecule has 2 nitrogen and oxygen atoms in total. The van der Waals surface area contributed by atoms with Gasteiger partial charge in [-0.05, 0) is 196 Å². The molecule has 0 aliphatic heterocycles. The van der Waals surface area contributed by atoms with E-state index in [1.165, 1.54) is 77.0 Å². The highest BCUT2D eigenvalue weighted by atomic mass is 15.0. The van der Waals surface area contributed by atoms with E-state index in [0.717, 1.165) is 11.4 Å². The molecule has 330 valence electrons. The van der Waals surface area contributed by atoms with Crippen LogP contribution in [0.2, 0.25) is 0 Å². The van der Waals surface area contributed by atoms with Crippen LogP contribution in [0.5, 0.6) is 0 Å². The summed E-state index contributed by atoms with van der Waals surface area (Å²) in [6, 6.07) is 70.4. The summed E-state index contributed by atoms with van der Waals surface area (Å²) in [4.78, 5) is 0. The molecule has 0 aliphatic rings. The molecule has 10 aromatic rings. The molecule has 10 rings (SSSR count). The van der Waals surface area contributed by atoms with E-state index in [2.05, 4.69) is 328 Å². The van der Waals surface area contributed by atoms with Crippen LogP contribution in [-0.4, -0.2) is 9.13 Å².